The third kappa shape index (κ3) is 9.08. The van der Waals surface area contributed by atoms with E-state index in [-0.39, 0.29) is 0 Å². The number of benzene rings is 1. The van der Waals surface area contributed by atoms with Crippen LogP contribution >= 0.6 is 0 Å². The van der Waals surface area contributed by atoms with Gasteiger partial charge < -0.3 is 14.4 Å². The van der Waals surface area contributed by atoms with Gasteiger partial charge in [0.05, 0.1) is 6.61 Å². The van der Waals surface area contributed by atoms with Crippen molar-refractivity contribution in [2.45, 2.75) is 32.6 Å². The SMILES string of the molecule is CCOC(=NCCCCCCN(C)C)Oc1ccccc1. The van der Waals surface area contributed by atoms with E-state index < -0.39 is 0 Å². The van der Waals surface area contributed by atoms with Crippen molar-refractivity contribution in [3.05, 3.63) is 30.3 Å². The van der Waals surface area contributed by atoms with Gasteiger partial charge in [-0.05, 0) is 52.5 Å². The average molecular weight is 292 g/mol. The molecule has 0 aliphatic rings. The number of ether oxygens (including phenoxy) is 2. The number of unbranched alkanes of at least 4 members (excludes halogenated alkanes) is 3. The van der Waals surface area contributed by atoms with Crippen LogP contribution in [0.25, 0.3) is 0 Å². The molecule has 0 unspecified atom stereocenters. The van der Waals surface area contributed by atoms with Crippen molar-refractivity contribution >= 4 is 6.08 Å². The standard InChI is InChI=1S/C17H28N2O2/c1-4-20-17(21-16-12-8-7-9-13-16)18-14-10-5-6-11-15-19(2)3/h7-9,12-13H,4-6,10-11,14-15H2,1-3H3. The molecule has 0 heterocycles. The summed E-state index contributed by atoms with van der Waals surface area (Å²) < 4.78 is 11.1. The highest BCUT2D eigenvalue weighted by Gasteiger charge is 2.02. The van der Waals surface area contributed by atoms with E-state index in [9.17, 15) is 0 Å². The Morgan fingerprint density at radius 3 is 2.43 bits per heavy atom. The van der Waals surface area contributed by atoms with Crippen molar-refractivity contribution in [2.24, 2.45) is 4.99 Å². The topological polar surface area (TPSA) is 34.1 Å². The van der Waals surface area contributed by atoms with E-state index in [1.807, 2.05) is 37.3 Å². The monoisotopic (exact) mass is 292 g/mol. The molecule has 1 aromatic rings. The molecule has 0 aliphatic heterocycles. The Balaban J connectivity index is 2.25. The van der Waals surface area contributed by atoms with Crippen LogP contribution in [0.2, 0.25) is 0 Å². The van der Waals surface area contributed by atoms with E-state index >= 15 is 0 Å². The summed E-state index contributed by atoms with van der Waals surface area (Å²) in [6.07, 6.45) is 5.13. The largest absolute Gasteiger partial charge is 0.451 e. The molecule has 0 aliphatic carbocycles. The van der Waals surface area contributed by atoms with Gasteiger partial charge in [-0.15, -0.1) is 0 Å². The molecule has 1 rings (SSSR count). The molecule has 4 nitrogen and oxygen atoms in total. The Morgan fingerprint density at radius 2 is 1.76 bits per heavy atom. The number of hydrogen-bond acceptors (Lipinski definition) is 4. The van der Waals surface area contributed by atoms with Crippen molar-refractivity contribution in [3.63, 3.8) is 0 Å². The summed E-state index contributed by atoms with van der Waals surface area (Å²) in [7, 11) is 4.22. The highest BCUT2D eigenvalue weighted by molar-refractivity contribution is 5.69. The average Bonchev–Trinajstić information content (AvgIpc) is 2.47. The summed E-state index contributed by atoms with van der Waals surface area (Å²) in [6, 6.07) is 9.62. The molecule has 0 saturated carbocycles. The van der Waals surface area contributed by atoms with Crippen molar-refractivity contribution in [1.82, 2.24) is 4.90 Å². The highest BCUT2D eigenvalue weighted by atomic mass is 16.7. The van der Waals surface area contributed by atoms with Crippen LogP contribution in [-0.4, -0.2) is 44.8 Å². The quantitative estimate of drug-likeness (QED) is 0.396. The second kappa shape index (κ2) is 11.1. The van der Waals surface area contributed by atoms with Crippen LogP contribution in [0.5, 0.6) is 5.75 Å². The minimum absolute atomic E-state index is 0.372. The summed E-state index contributed by atoms with van der Waals surface area (Å²) in [5.41, 5.74) is 0. The number of aliphatic imine (C=N–C) groups is 1. The van der Waals surface area contributed by atoms with Crippen LogP contribution in [-0.2, 0) is 4.74 Å². The fourth-order valence-corrected chi connectivity index (χ4v) is 1.88. The molecule has 0 amide bonds. The predicted molar refractivity (Wildman–Crippen MR) is 88.0 cm³/mol. The zero-order valence-corrected chi connectivity index (χ0v) is 13.5. The Bertz CT molecular complexity index is 391. The first kappa shape index (κ1) is 17.5. The lowest BCUT2D eigenvalue weighted by Crippen LogP contribution is -2.14. The molecular weight excluding hydrogens is 264 g/mol. The van der Waals surface area contributed by atoms with Crippen LogP contribution in [0.15, 0.2) is 35.3 Å². The zero-order valence-electron chi connectivity index (χ0n) is 13.5. The van der Waals surface area contributed by atoms with Crippen LogP contribution in [0.4, 0.5) is 0 Å². The maximum Gasteiger partial charge on any atom is 0.389 e. The minimum atomic E-state index is 0.372. The summed E-state index contributed by atoms with van der Waals surface area (Å²) in [5.74, 6) is 0.760. The smallest absolute Gasteiger partial charge is 0.389 e. The number of para-hydroxylation sites is 1. The van der Waals surface area contributed by atoms with Crippen LogP contribution in [0.3, 0.4) is 0 Å². The van der Waals surface area contributed by atoms with Crippen LogP contribution in [0, 0.1) is 0 Å². The van der Waals surface area contributed by atoms with Gasteiger partial charge in [0.25, 0.3) is 0 Å². The third-order valence-electron chi connectivity index (χ3n) is 2.97. The fraction of sp³-hybridized carbons (Fsp3) is 0.588. The molecule has 0 bridgehead atoms. The molecule has 118 valence electrons. The summed E-state index contributed by atoms with van der Waals surface area (Å²) >= 11 is 0. The lowest BCUT2D eigenvalue weighted by atomic mass is 10.2. The van der Waals surface area contributed by atoms with Gasteiger partial charge in [0, 0.05) is 6.54 Å². The van der Waals surface area contributed by atoms with Crippen molar-refractivity contribution in [2.75, 3.05) is 33.8 Å². The van der Waals surface area contributed by atoms with Crippen molar-refractivity contribution < 1.29 is 9.47 Å². The van der Waals surface area contributed by atoms with Gasteiger partial charge in [0.2, 0.25) is 0 Å². The van der Waals surface area contributed by atoms with Gasteiger partial charge in [-0.2, -0.15) is 0 Å². The molecular formula is C17H28N2O2. The van der Waals surface area contributed by atoms with Gasteiger partial charge in [-0.3, -0.25) is 0 Å². The van der Waals surface area contributed by atoms with Crippen LogP contribution < -0.4 is 4.74 Å². The van der Waals surface area contributed by atoms with Gasteiger partial charge in [-0.1, -0.05) is 31.0 Å². The lowest BCUT2D eigenvalue weighted by molar-refractivity contribution is 0.248. The maximum atomic E-state index is 5.64. The molecule has 0 N–H and O–H groups in total. The highest BCUT2D eigenvalue weighted by Crippen LogP contribution is 2.09. The molecule has 0 aromatic heterocycles. The molecule has 0 spiro atoms. The van der Waals surface area contributed by atoms with Gasteiger partial charge in [-0.25, -0.2) is 4.99 Å². The molecule has 21 heavy (non-hydrogen) atoms. The van der Waals surface area contributed by atoms with E-state index in [1.165, 1.54) is 19.3 Å². The normalized spacial score (nSPS) is 11.7. The Hall–Kier alpha value is -1.55. The van der Waals surface area contributed by atoms with Gasteiger partial charge >= 0.3 is 6.08 Å². The molecule has 0 atom stereocenters. The predicted octanol–water partition coefficient (Wildman–Crippen LogP) is 3.58. The minimum Gasteiger partial charge on any atom is -0.451 e. The number of nitrogens with zero attached hydrogens (tertiary/aromatic N) is 2. The maximum absolute atomic E-state index is 5.64. The lowest BCUT2D eigenvalue weighted by Gasteiger charge is -2.09. The van der Waals surface area contributed by atoms with E-state index in [2.05, 4.69) is 24.0 Å². The summed E-state index contributed by atoms with van der Waals surface area (Å²) in [6.45, 7) is 4.41. The van der Waals surface area contributed by atoms with Gasteiger partial charge in [0.15, 0.2) is 0 Å². The van der Waals surface area contributed by atoms with Crippen LogP contribution in [0.1, 0.15) is 32.6 Å². The summed E-state index contributed by atoms with van der Waals surface area (Å²) in [4.78, 5) is 6.62. The number of rotatable bonds is 9. The second-order valence-electron chi connectivity index (χ2n) is 5.21. The van der Waals surface area contributed by atoms with Crippen molar-refractivity contribution in [3.8, 4) is 5.75 Å². The Morgan fingerprint density at radius 1 is 1.05 bits per heavy atom. The zero-order chi connectivity index (χ0) is 15.3. The first-order valence-electron chi connectivity index (χ1n) is 7.77. The first-order chi connectivity index (χ1) is 10.2. The summed E-state index contributed by atoms with van der Waals surface area (Å²) in [5, 5.41) is 0. The third-order valence-corrected chi connectivity index (χ3v) is 2.97. The molecule has 0 fully saturated rings. The molecule has 1 aromatic carbocycles. The Labute approximate surface area is 128 Å². The number of hydrogen-bond donors (Lipinski definition) is 0. The molecule has 0 radical (unpaired) electrons. The fourth-order valence-electron chi connectivity index (χ4n) is 1.88. The van der Waals surface area contributed by atoms with Gasteiger partial charge in [0.1, 0.15) is 5.75 Å². The Kier molecular flexibility index (Phi) is 9.29. The first-order valence-corrected chi connectivity index (χ1v) is 7.77. The molecule has 0 saturated heterocycles. The molecule has 4 heteroatoms. The van der Waals surface area contributed by atoms with E-state index in [4.69, 9.17) is 9.47 Å². The van der Waals surface area contributed by atoms with Crippen molar-refractivity contribution in [1.29, 1.82) is 0 Å². The van der Waals surface area contributed by atoms with E-state index in [0.717, 1.165) is 25.3 Å². The van der Waals surface area contributed by atoms with E-state index in [0.29, 0.717) is 12.7 Å². The van der Waals surface area contributed by atoms with E-state index in [1.54, 1.807) is 0 Å². The second-order valence-corrected chi connectivity index (χ2v) is 5.21.